The third kappa shape index (κ3) is 3.36. The molecule has 140 valence electrons. The number of para-hydroxylation sites is 1. The van der Waals surface area contributed by atoms with Crippen molar-refractivity contribution in [2.75, 3.05) is 0 Å². The fraction of sp³-hybridized carbons (Fsp3) is 0. The number of aromatic nitrogens is 1. The second-order valence-corrected chi connectivity index (χ2v) is 12.3. The van der Waals surface area contributed by atoms with Crippen LogP contribution in [0.15, 0.2) is 109 Å². The van der Waals surface area contributed by atoms with Crippen LogP contribution in [-0.4, -0.2) is 4.98 Å². The molecular formula is C25H18NPS2. The van der Waals surface area contributed by atoms with Crippen molar-refractivity contribution >= 4 is 55.3 Å². The maximum absolute atomic E-state index is 6.47. The fourth-order valence-electron chi connectivity index (χ4n) is 3.55. The van der Waals surface area contributed by atoms with E-state index in [1.54, 1.807) is 11.3 Å². The average Bonchev–Trinajstić information content (AvgIpc) is 3.24. The molecule has 5 aromatic rings. The first-order valence-corrected chi connectivity index (χ1v) is 13.0. The quantitative estimate of drug-likeness (QED) is 0.340. The molecule has 0 saturated carbocycles. The number of hydrogen-bond acceptors (Lipinski definition) is 3. The van der Waals surface area contributed by atoms with Gasteiger partial charge in [0, 0.05) is 11.6 Å². The Hall–Kier alpha value is -2.58. The maximum Gasteiger partial charge on any atom is 0.124 e. The summed E-state index contributed by atoms with van der Waals surface area (Å²) in [6.07, 6.45) is 0. The van der Waals surface area contributed by atoms with Crippen molar-refractivity contribution in [3.63, 3.8) is 0 Å². The summed E-state index contributed by atoms with van der Waals surface area (Å²) in [5.74, 6) is 0. The fourth-order valence-corrected chi connectivity index (χ4v) is 8.28. The van der Waals surface area contributed by atoms with Gasteiger partial charge in [-0.2, -0.15) is 0 Å². The summed E-state index contributed by atoms with van der Waals surface area (Å²) >= 11 is 8.20. The molecule has 0 unspecified atom stereocenters. The van der Waals surface area contributed by atoms with Crippen LogP contribution in [0.2, 0.25) is 0 Å². The predicted octanol–water partition coefficient (Wildman–Crippen LogP) is 5.72. The molecule has 0 saturated heterocycles. The molecule has 0 fully saturated rings. The normalized spacial score (nSPS) is 11.6. The SMILES string of the molecule is S=P(c1ccccc1)(c1ccccc1)c1cccc(-c2nc3ccccc3s2)c1. The van der Waals surface area contributed by atoms with Gasteiger partial charge in [-0.25, -0.2) is 4.98 Å². The van der Waals surface area contributed by atoms with Gasteiger partial charge in [-0.15, -0.1) is 11.3 Å². The van der Waals surface area contributed by atoms with Gasteiger partial charge >= 0.3 is 0 Å². The molecule has 0 N–H and O–H groups in total. The second kappa shape index (κ2) is 7.68. The molecule has 29 heavy (non-hydrogen) atoms. The minimum Gasteiger partial charge on any atom is -0.236 e. The average molecular weight is 428 g/mol. The smallest absolute Gasteiger partial charge is 0.124 e. The molecule has 5 rings (SSSR count). The highest BCUT2D eigenvalue weighted by molar-refractivity contribution is 8.25. The molecule has 4 heteroatoms. The lowest BCUT2D eigenvalue weighted by Crippen LogP contribution is -2.24. The molecule has 1 nitrogen and oxygen atoms in total. The van der Waals surface area contributed by atoms with Crippen molar-refractivity contribution in [3.8, 4) is 10.6 Å². The molecule has 0 atom stereocenters. The van der Waals surface area contributed by atoms with Gasteiger partial charge in [-0.3, -0.25) is 0 Å². The number of thiazole rings is 1. The van der Waals surface area contributed by atoms with Crippen molar-refractivity contribution in [1.82, 2.24) is 4.98 Å². The Balaban J connectivity index is 1.70. The molecule has 1 heterocycles. The van der Waals surface area contributed by atoms with Gasteiger partial charge in [0.15, 0.2) is 0 Å². The molecule has 0 aliphatic rings. The van der Waals surface area contributed by atoms with Gasteiger partial charge in [0.25, 0.3) is 0 Å². The van der Waals surface area contributed by atoms with Crippen LogP contribution in [0.25, 0.3) is 20.8 Å². The predicted molar refractivity (Wildman–Crippen MR) is 131 cm³/mol. The van der Waals surface area contributed by atoms with Gasteiger partial charge in [0.2, 0.25) is 0 Å². The Morgan fingerprint density at radius 2 is 1.21 bits per heavy atom. The first-order valence-electron chi connectivity index (χ1n) is 9.43. The van der Waals surface area contributed by atoms with E-state index in [0.29, 0.717) is 0 Å². The van der Waals surface area contributed by atoms with E-state index in [0.717, 1.165) is 16.1 Å². The van der Waals surface area contributed by atoms with Gasteiger partial charge in [-0.05, 0) is 34.1 Å². The van der Waals surface area contributed by atoms with Gasteiger partial charge in [-0.1, -0.05) is 103 Å². The second-order valence-electron chi connectivity index (χ2n) is 6.82. The van der Waals surface area contributed by atoms with Crippen LogP contribution in [0.3, 0.4) is 0 Å². The zero-order chi connectivity index (χ0) is 19.7. The van der Waals surface area contributed by atoms with E-state index in [2.05, 4.69) is 91.0 Å². The van der Waals surface area contributed by atoms with Crippen LogP contribution in [0, 0.1) is 0 Å². The molecule has 4 aromatic carbocycles. The first kappa shape index (κ1) is 18.4. The molecule has 0 spiro atoms. The van der Waals surface area contributed by atoms with Crippen LogP contribution in [0.4, 0.5) is 0 Å². The number of nitrogens with zero attached hydrogens (tertiary/aromatic N) is 1. The molecule has 0 aliphatic heterocycles. The van der Waals surface area contributed by atoms with E-state index in [1.165, 1.54) is 20.6 Å². The summed E-state index contributed by atoms with van der Waals surface area (Å²) in [6, 6.07) is 35.9. The Morgan fingerprint density at radius 3 is 1.86 bits per heavy atom. The summed E-state index contributed by atoms with van der Waals surface area (Å²) in [5, 5.41) is 4.66. The van der Waals surface area contributed by atoms with Crippen LogP contribution in [0.5, 0.6) is 0 Å². The zero-order valence-electron chi connectivity index (χ0n) is 15.6. The Labute approximate surface area is 179 Å². The van der Waals surface area contributed by atoms with Crippen molar-refractivity contribution in [2.45, 2.75) is 0 Å². The largest absolute Gasteiger partial charge is 0.236 e. The third-order valence-electron chi connectivity index (χ3n) is 4.99. The van der Waals surface area contributed by atoms with E-state index in [9.17, 15) is 0 Å². The summed E-state index contributed by atoms with van der Waals surface area (Å²) in [4.78, 5) is 4.85. The Bertz CT molecular complexity index is 1250. The minimum absolute atomic E-state index is 1.04. The highest BCUT2D eigenvalue weighted by Gasteiger charge is 2.25. The summed E-state index contributed by atoms with van der Waals surface area (Å²) in [5.41, 5.74) is 2.17. The molecule has 0 aliphatic carbocycles. The maximum atomic E-state index is 6.47. The Kier molecular flexibility index (Phi) is 4.89. The van der Waals surface area contributed by atoms with E-state index < -0.39 is 6.04 Å². The lowest BCUT2D eigenvalue weighted by Gasteiger charge is -2.24. The standard InChI is InChI=1S/C25H18NPS2/c28-27(20-11-3-1-4-12-20,21-13-5-2-6-14-21)22-15-9-10-19(18-22)25-26-23-16-7-8-17-24(23)29-25/h1-18H. The van der Waals surface area contributed by atoms with Gasteiger partial charge in [0.1, 0.15) is 5.01 Å². The molecule has 0 radical (unpaired) electrons. The summed E-state index contributed by atoms with van der Waals surface area (Å²) < 4.78 is 1.21. The van der Waals surface area contributed by atoms with E-state index in [1.807, 2.05) is 18.2 Å². The first-order chi connectivity index (χ1) is 14.2. The van der Waals surface area contributed by atoms with Crippen molar-refractivity contribution in [3.05, 3.63) is 109 Å². The lowest BCUT2D eigenvalue weighted by atomic mass is 10.2. The molecule has 0 amide bonds. The number of fused-ring (bicyclic) bond motifs is 1. The molecule has 0 bridgehead atoms. The van der Waals surface area contributed by atoms with Crippen molar-refractivity contribution in [2.24, 2.45) is 0 Å². The monoisotopic (exact) mass is 427 g/mol. The number of rotatable bonds is 4. The van der Waals surface area contributed by atoms with E-state index >= 15 is 0 Å². The zero-order valence-corrected chi connectivity index (χ0v) is 18.1. The molecule has 1 aromatic heterocycles. The van der Waals surface area contributed by atoms with Crippen LogP contribution in [0.1, 0.15) is 0 Å². The van der Waals surface area contributed by atoms with Crippen molar-refractivity contribution < 1.29 is 0 Å². The summed E-state index contributed by atoms with van der Waals surface area (Å²) in [6.45, 7) is 0. The van der Waals surface area contributed by atoms with Crippen LogP contribution < -0.4 is 15.9 Å². The van der Waals surface area contributed by atoms with E-state index in [-0.39, 0.29) is 0 Å². The third-order valence-corrected chi connectivity index (χ3v) is 11.0. The minimum atomic E-state index is -2.15. The van der Waals surface area contributed by atoms with Crippen molar-refractivity contribution in [1.29, 1.82) is 0 Å². The molecular weight excluding hydrogens is 409 g/mol. The van der Waals surface area contributed by atoms with Crippen LogP contribution in [-0.2, 0) is 11.8 Å². The topological polar surface area (TPSA) is 12.9 Å². The van der Waals surface area contributed by atoms with Gasteiger partial charge < -0.3 is 0 Å². The number of hydrogen-bond donors (Lipinski definition) is 0. The lowest BCUT2D eigenvalue weighted by molar-refractivity contribution is 1.48. The highest BCUT2D eigenvalue weighted by Crippen LogP contribution is 2.43. The van der Waals surface area contributed by atoms with E-state index in [4.69, 9.17) is 16.8 Å². The van der Waals surface area contributed by atoms with Gasteiger partial charge in [0.05, 0.1) is 10.2 Å². The number of benzene rings is 4. The highest BCUT2D eigenvalue weighted by atomic mass is 32.4. The van der Waals surface area contributed by atoms with Crippen LogP contribution >= 0.6 is 17.4 Å². The Morgan fingerprint density at radius 1 is 0.621 bits per heavy atom. The summed E-state index contributed by atoms with van der Waals surface area (Å²) in [7, 11) is 0.